The Labute approximate surface area is 136 Å². The third kappa shape index (κ3) is 2.45. The van der Waals surface area contributed by atoms with Crippen LogP contribution in [-0.2, 0) is 0 Å². The second-order valence-electron chi connectivity index (χ2n) is 5.33. The van der Waals surface area contributed by atoms with Crippen LogP contribution in [0.15, 0.2) is 59.4 Å². The molecule has 0 amide bonds. The van der Waals surface area contributed by atoms with Gasteiger partial charge >= 0.3 is 0 Å². The molecule has 23 heavy (non-hydrogen) atoms. The average molecular weight is 319 g/mol. The molecule has 0 aliphatic heterocycles. The number of nitrogens with zero attached hydrogens (tertiary/aromatic N) is 3. The molecule has 0 radical (unpaired) electrons. The maximum Gasteiger partial charge on any atom is 0.276 e. The summed E-state index contributed by atoms with van der Waals surface area (Å²) in [5, 5.41) is 8.30. The van der Waals surface area contributed by atoms with Gasteiger partial charge in [-0.15, -0.1) is 10.2 Å². The molecule has 2 aromatic carbocycles. The maximum absolute atomic E-state index is 12.7. The quantitative estimate of drug-likeness (QED) is 0.571. The monoisotopic (exact) mass is 319 g/mol. The summed E-state index contributed by atoms with van der Waals surface area (Å²) in [6.45, 7) is 2.04. The SMILES string of the molecule is Cc1ccc(/C=c2\sc3nnc(-c4ccccc4)n3c2=O)cc1. The van der Waals surface area contributed by atoms with Crippen LogP contribution in [0.2, 0.25) is 0 Å². The lowest BCUT2D eigenvalue weighted by Gasteiger charge is -1.95. The summed E-state index contributed by atoms with van der Waals surface area (Å²) >= 11 is 1.36. The molecule has 4 aromatic rings. The van der Waals surface area contributed by atoms with Crippen LogP contribution in [-0.4, -0.2) is 14.6 Å². The Bertz CT molecular complexity index is 1080. The zero-order valence-electron chi connectivity index (χ0n) is 12.4. The van der Waals surface area contributed by atoms with Crippen molar-refractivity contribution in [3.63, 3.8) is 0 Å². The molecule has 5 heteroatoms. The minimum atomic E-state index is -0.0746. The number of hydrogen-bond acceptors (Lipinski definition) is 4. The van der Waals surface area contributed by atoms with E-state index in [4.69, 9.17) is 0 Å². The van der Waals surface area contributed by atoms with Crippen LogP contribution < -0.4 is 10.1 Å². The van der Waals surface area contributed by atoms with Crippen molar-refractivity contribution in [3.8, 4) is 11.4 Å². The predicted molar refractivity (Wildman–Crippen MR) is 92.5 cm³/mol. The van der Waals surface area contributed by atoms with E-state index in [0.29, 0.717) is 15.3 Å². The molecule has 0 bridgehead atoms. The van der Waals surface area contributed by atoms with Crippen molar-refractivity contribution in [2.24, 2.45) is 0 Å². The molecule has 4 rings (SSSR count). The number of aryl methyl sites for hydroxylation is 1. The van der Waals surface area contributed by atoms with Crippen molar-refractivity contribution in [2.45, 2.75) is 6.92 Å². The zero-order chi connectivity index (χ0) is 15.8. The summed E-state index contributed by atoms with van der Waals surface area (Å²) in [7, 11) is 0. The molecular weight excluding hydrogens is 306 g/mol. The summed E-state index contributed by atoms with van der Waals surface area (Å²) in [6, 6.07) is 17.7. The van der Waals surface area contributed by atoms with Crippen molar-refractivity contribution in [1.82, 2.24) is 14.6 Å². The largest absolute Gasteiger partial charge is 0.276 e. The number of fused-ring (bicyclic) bond motifs is 1. The lowest BCUT2D eigenvalue weighted by Crippen LogP contribution is -2.23. The Morgan fingerprint density at radius 1 is 1.00 bits per heavy atom. The minimum Gasteiger partial charge on any atom is -0.267 e. The van der Waals surface area contributed by atoms with Crippen molar-refractivity contribution < 1.29 is 0 Å². The van der Waals surface area contributed by atoms with Gasteiger partial charge in [0.2, 0.25) is 4.96 Å². The van der Waals surface area contributed by atoms with Gasteiger partial charge < -0.3 is 0 Å². The van der Waals surface area contributed by atoms with Gasteiger partial charge in [0.15, 0.2) is 5.82 Å². The van der Waals surface area contributed by atoms with Gasteiger partial charge in [0.1, 0.15) is 0 Å². The lowest BCUT2D eigenvalue weighted by molar-refractivity contribution is 1.09. The molecule has 0 fully saturated rings. The Morgan fingerprint density at radius 3 is 2.48 bits per heavy atom. The lowest BCUT2D eigenvalue weighted by atomic mass is 10.1. The van der Waals surface area contributed by atoms with E-state index >= 15 is 0 Å². The first kappa shape index (κ1) is 13.8. The van der Waals surface area contributed by atoms with Crippen LogP contribution in [0.4, 0.5) is 0 Å². The van der Waals surface area contributed by atoms with Gasteiger partial charge in [-0.1, -0.05) is 71.5 Å². The van der Waals surface area contributed by atoms with Crippen LogP contribution >= 0.6 is 11.3 Å². The summed E-state index contributed by atoms with van der Waals surface area (Å²) in [5.74, 6) is 0.588. The highest BCUT2D eigenvalue weighted by Gasteiger charge is 2.13. The smallest absolute Gasteiger partial charge is 0.267 e. The zero-order valence-corrected chi connectivity index (χ0v) is 13.2. The minimum absolute atomic E-state index is 0.0746. The molecule has 2 aromatic heterocycles. The van der Waals surface area contributed by atoms with Gasteiger partial charge in [-0.25, -0.2) is 4.40 Å². The van der Waals surface area contributed by atoms with Crippen molar-refractivity contribution in [1.29, 1.82) is 0 Å². The summed E-state index contributed by atoms with van der Waals surface area (Å²) in [6.07, 6.45) is 1.90. The van der Waals surface area contributed by atoms with E-state index in [1.165, 1.54) is 16.9 Å². The van der Waals surface area contributed by atoms with Crippen LogP contribution in [0.1, 0.15) is 11.1 Å². The number of benzene rings is 2. The van der Waals surface area contributed by atoms with Gasteiger partial charge in [-0.2, -0.15) is 0 Å². The highest BCUT2D eigenvalue weighted by Crippen LogP contribution is 2.17. The van der Waals surface area contributed by atoms with Crippen LogP contribution in [0.25, 0.3) is 22.4 Å². The van der Waals surface area contributed by atoms with E-state index < -0.39 is 0 Å². The van der Waals surface area contributed by atoms with Gasteiger partial charge in [0, 0.05) is 5.56 Å². The van der Waals surface area contributed by atoms with Crippen molar-refractivity contribution in [2.75, 3.05) is 0 Å². The van der Waals surface area contributed by atoms with E-state index in [-0.39, 0.29) is 5.56 Å². The number of thiazole rings is 1. The predicted octanol–water partition coefficient (Wildman–Crippen LogP) is 2.67. The fraction of sp³-hybridized carbons (Fsp3) is 0.0556. The summed E-state index contributed by atoms with van der Waals surface area (Å²) < 4.78 is 2.25. The average Bonchev–Trinajstić information content (AvgIpc) is 3.12. The van der Waals surface area contributed by atoms with Crippen LogP contribution in [0, 0.1) is 6.92 Å². The van der Waals surface area contributed by atoms with Crippen molar-refractivity contribution >= 4 is 22.4 Å². The van der Waals surface area contributed by atoms with Crippen LogP contribution in [0.3, 0.4) is 0 Å². The van der Waals surface area contributed by atoms with Crippen LogP contribution in [0.5, 0.6) is 0 Å². The van der Waals surface area contributed by atoms with Crippen molar-refractivity contribution in [3.05, 3.63) is 80.6 Å². The highest BCUT2D eigenvalue weighted by molar-refractivity contribution is 7.15. The molecule has 0 aliphatic rings. The molecule has 2 heterocycles. The highest BCUT2D eigenvalue weighted by atomic mass is 32.1. The second kappa shape index (κ2) is 5.44. The van der Waals surface area contributed by atoms with E-state index in [1.54, 1.807) is 4.40 Å². The Morgan fingerprint density at radius 2 is 1.74 bits per heavy atom. The van der Waals surface area contributed by atoms with E-state index in [9.17, 15) is 4.79 Å². The molecule has 0 saturated heterocycles. The second-order valence-corrected chi connectivity index (χ2v) is 6.34. The van der Waals surface area contributed by atoms with Gasteiger partial charge in [0.25, 0.3) is 5.56 Å². The first-order valence-electron chi connectivity index (χ1n) is 7.24. The fourth-order valence-electron chi connectivity index (χ4n) is 2.45. The van der Waals surface area contributed by atoms with E-state index in [1.807, 2.05) is 67.6 Å². The molecule has 0 unspecified atom stereocenters. The molecule has 0 aliphatic carbocycles. The molecule has 0 atom stereocenters. The first-order valence-corrected chi connectivity index (χ1v) is 8.06. The topological polar surface area (TPSA) is 47.3 Å². The standard InChI is InChI=1S/C18H13N3OS/c1-12-7-9-13(10-8-12)11-15-17(22)21-16(19-20-18(21)23-15)14-5-3-2-4-6-14/h2-11H,1H3/b15-11-. The number of hydrogen-bond donors (Lipinski definition) is 0. The fourth-order valence-corrected chi connectivity index (χ4v) is 3.36. The van der Waals surface area contributed by atoms with Gasteiger partial charge in [0.05, 0.1) is 4.53 Å². The third-order valence-corrected chi connectivity index (χ3v) is 4.61. The van der Waals surface area contributed by atoms with Gasteiger partial charge in [-0.3, -0.25) is 4.79 Å². The number of rotatable bonds is 2. The summed E-state index contributed by atoms with van der Waals surface area (Å²) in [5.41, 5.74) is 3.01. The molecule has 0 N–H and O–H groups in total. The van der Waals surface area contributed by atoms with Gasteiger partial charge in [-0.05, 0) is 18.6 Å². The van der Waals surface area contributed by atoms with E-state index in [0.717, 1.165) is 11.1 Å². The Hall–Kier alpha value is -2.79. The third-order valence-electron chi connectivity index (χ3n) is 3.66. The molecule has 0 spiro atoms. The molecular formula is C18H13N3OS. The maximum atomic E-state index is 12.7. The van der Waals surface area contributed by atoms with E-state index in [2.05, 4.69) is 10.2 Å². The molecule has 112 valence electrons. The normalized spacial score (nSPS) is 12.1. The molecule has 0 saturated carbocycles. The Balaban J connectivity index is 1.91. The molecule has 4 nitrogen and oxygen atoms in total. The first-order chi connectivity index (χ1) is 11.2. The number of aromatic nitrogens is 3. The Kier molecular flexibility index (Phi) is 3.28. The summed E-state index contributed by atoms with van der Waals surface area (Å²) in [4.78, 5) is 13.3.